The first-order valence-corrected chi connectivity index (χ1v) is 6.94. The predicted molar refractivity (Wildman–Crippen MR) is 74.3 cm³/mol. The molecule has 1 aromatic rings. The summed E-state index contributed by atoms with van der Waals surface area (Å²) >= 11 is 6.42. The molecule has 2 unspecified atom stereocenters. The fourth-order valence-corrected chi connectivity index (χ4v) is 2.54. The summed E-state index contributed by atoms with van der Waals surface area (Å²) in [5.41, 5.74) is 2.73. The van der Waals surface area contributed by atoms with Gasteiger partial charge in [-0.1, -0.05) is 51.4 Å². The van der Waals surface area contributed by atoms with Crippen LogP contribution in [0.2, 0.25) is 5.02 Å². The van der Waals surface area contributed by atoms with Crippen molar-refractivity contribution in [3.8, 4) is 0 Å². The molecule has 0 heterocycles. The van der Waals surface area contributed by atoms with Gasteiger partial charge in [0.2, 0.25) is 0 Å². The van der Waals surface area contributed by atoms with Crippen LogP contribution in [-0.4, -0.2) is 10.2 Å². The third-order valence-corrected chi connectivity index (χ3v) is 4.44. The highest BCUT2D eigenvalue weighted by Crippen LogP contribution is 2.33. The van der Waals surface area contributed by atoms with Crippen LogP contribution in [0.4, 0.5) is 0 Å². The van der Waals surface area contributed by atoms with Crippen molar-refractivity contribution in [3.05, 3.63) is 28.3 Å². The van der Waals surface area contributed by atoms with E-state index in [4.69, 9.17) is 11.6 Å². The topological polar surface area (TPSA) is 0 Å². The lowest BCUT2D eigenvalue weighted by molar-refractivity contribution is 0.677. The zero-order chi connectivity index (χ0) is 12.3. The average molecular weight is 252 g/mol. The van der Waals surface area contributed by atoms with Gasteiger partial charge in [0.1, 0.15) is 0 Å². The largest absolute Gasteiger partial charge is 0.0842 e. The van der Waals surface area contributed by atoms with Gasteiger partial charge in [-0.15, -0.1) is 0 Å². The molecule has 0 bridgehead atoms. The van der Waals surface area contributed by atoms with Crippen LogP contribution in [0.25, 0.3) is 0 Å². The van der Waals surface area contributed by atoms with E-state index in [-0.39, 0.29) is 0 Å². The number of hydrogen-bond donors (Lipinski definition) is 0. The maximum Gasteiger partial charge on any atom is 0.0733 e. The highest BCUT2D eigenvalue weighted by Gasteiger charge is 2.17. The van der Waals surface area contributed by atoms with Crippen molar-refractivity contribution in [2.45, 2.75) is 52.4 Å². The molecule has 0 amide bonds. The molecular formula is C14H20ClSi. The molecule has 0 spiro atoms. The Morgan fingerprint density at radius 2 is 1.69 bits per heavy atom. The Morgan fingerprint density at radius 1 is 1.12 bits per heavy atom. The van der Waals surface area contributed by atoms with Gasteiger partial charge in [0.05, 0.1) is 10.2 Å². The first-order valence-electron chi connectivity index (χ1n) is 6.06. The van der Waals surface area contributed by atoms with Gasteiger partial charge in [0.25, 0.3) is 0 Å². The van der Waals surface area contributed by atoms with E-state index in [9.17, 15) is 0 Å². The molecule has 0 aliphatic heterocycles. The molecule has 16 heavy (non-hydrogen) atoms. The Bertz CT molecular complexity index is 360. The van der Waals surface area contributed by atoms with E-state index in [1.807, 2.05) is 0 Å². The third-order valence-electron chi connectivity index (χ3n) is 3.46. The number of rotatable bonds is 4. The van der Waals surface area contributed by atoms with Crippen molar-refractivity contribution in [1.29, 1.82) is 0 Å². The quantitative estimate of drug-likeness (QED) is 0.705. The van der Waals surface area contributed by atoms with Crippen LogP contribution in [-0.2, 0) is 0 Å². The van der Waals surface area contributed by atoms with E-state index in [1.54, 1.807) is 0 Å². The van der Waals surface area contributed by atoms with Gasteiger partial charge >= 0.3 is 0 Å². The normalized spacial score (nSPS) is 14.9. The Balaban J connectivity index is 3.32. The molecular weight excluding hydrogens is 232 g/mol. The van der Waals surface area contributed by atoms with Gasteiger partial charge in [-0.2, -0.15) is 0 Å². The Hall–Kier alpha value is -0.273. The maximum absolute atomic E-state index is 6.42. The highest BCUT2D eigenvalue weighted by atomic mass is 35.5. The second-order valence-electron chi connectivity index (χ2n) is 4.55. The van der Waals surface area contributed by atoms with Crippen molar-refractivity contribution in [2.75, 3.05) is 0 Å². The zero-order valence-electron chi connectivity index (χ0n) is 10.6. The molecule has 1 rings (SSSR count). The summed E-state index contributed by atoms with van der Waals surface area (Å²) in [5, 5.41) is 1.90. The minimum Gasteiger partial charge on any atom is -0.0842 e. The minimum absolute atomic E-state index is 0.521. The van der Waals surface area contributed by atoms with Crippen LogP contribution in [0.3, 0.4) is 0 Å². The summed E-state index contributed by atoms with van der Waals surface area (Å²) in [6, 6.07) is 4.27. The Kier molecular flexibility index (Phi) is 5.07. The van der Waals surface area contributed by atoms with E-state index < -0.39 is 0 Å². The van der Waals surface area contributed by atoms with E-state index >= 15 is 0 Å². The van der Waals surface area contributed by atoms with Crippen molar-refractivity contribution >= 4 is 27.0 Å². The van der Waals surface area contributed by atoms with Crippen LogP contribution in [0.1, 0.15) is 63.5 Å². The third kappa shape index (κ3) is 2.69. The number of benzene rings is 1. The van der Waals surface area contributed by atoms with Crippen LogP contribution >= 0.6 is 11.6 Å². The van der Waals surface area contributed by atoms with Crippen molar-refractivity contribution in [2.24, 2.45) is 0 Å². The molecule has 0 saturated heterocycles. The molecule has 0 aliphatic carbocycles. The molecule has 0 nitrogen and oxygen atoms in total. The van der Waals surface area contributed by atoms with Gasteiger partial charge < -0.3 is 0 Å². The summed E-state index contributed by atoms with van der Waals surface area (Å²) in [5.74, 6) is 1.10. The van der Waals surface area contributed by atoms with Gasteiger partial charge in [0.15, 0.2) is 0 Å². The Morgan fingerprint density at radius 3 is 2.19 bits per heavy atom. The first kappa shape index (κ1) is 13.8. The van der Waals surface area contributed by atoms with Crippen LogP contribution in [0.5, 0.6) is 0 Å². The fourth-order valence-electron chi connectivity index (χ4n) is 1.96. The first-order chi connectivity index (χ1) is 7.52. The second kappa shape index (κ2) is 5.88. The lowest BCUT2D eigenvalue weighted by atomic mass is 9.86. The summed E-state index contributed by atoms with van der Waals surface area (Å²) in [6.07, 6.45) is 2.28. The van der Waals surface area contributed by atoms with Crippen LogP contribution in [0, 0.1) is 0 Å². The summed E-state index contributed by atoms with van der Waals surface area (Å²) in [4.78, 5) is 0. The zero-order valence-corrected chi connectivity index (χ0v) is 12.4. The van der Waals surface area contributed by atoms with Gasteiger partial charge in [-0.25, -0.2) is 0 Å². The van der Waals surface area contributed by atoms with Gasteiger partial charge in [0, 0.05) is 5.02 Å². The summed E-state index contributed by atoms with van der Waals surface area (Å²) in [7, 11) is 3.57. The molecule has 3 radical (unpaired) electrons. The molecule has 2 atom stereocenters. The van der Waals surface area contributed by atoms with E-state index in [1.165, 1.54) is 11.1 Å². The molecule has 0 aromatic heterocycles. The van der Waals surface area contributed by atoms with E-state index in [0.717, 1.165) is 23.1 Å². The van der Waals surface area contributed by atoms with E-state index in [2.05, 4.69) is 50.1 Å². The standard InChI is InChI=1S/C14H20ClSi/c1-5-9(3)11-7-8-12(16)14(15)13(11)10(4)6-2/h7-10H,5-6H2,1-4H3. The monoisotopic (exact) mass is 251 g/mol. The van der Waals surface area contributed by atoms with E-state index in [0.29, 0.717) is 11.8 Å². The van der Waals surface area contributed by atoms with Gasteiger partial charge in [-0.3, -0.25) is 0 Å². The summed E-state index contributed by atoms with van der Waals surface area (Å²) < 4.78 is 0. The second-order valence-corrected chi connectivity index (χ2v) is 5.47. The fraction of sp³-hybridized carbons (Fsp3) is 0.571. The number of hydrogen-bond acceptors (Lipinski definition) is 0. The van der Waals surface area contributed by atoms with Gasteiger partial charge in [-0.05, 0) is 41.0 Å². The molecule has 0 aliphatic rings. The number of halogens is 1. The highest BCUT2D eigenvalue weighted by molar-refractivity contribution is 6.45. The minimum atomic E-state index is 0.521. The molecule has 87 valence electrons. The molecule has 2 heteroatoms. The Labute approximate surface area is 108 Å². The molecule has 0 N–H and O–H groups in total. The average Bonchev–Trinajstić information content (AvgIpc) is 2.30. The van der Waals surface area contributed by atoms with Crippen molar-refractivity contribution < 1.29 is 0 Å². The summed E-state index contributed by atoms with van der Waals surface area (Å²) in [6.45, 7) is 8.95. The maximum atomic E-state index is 6.42. The molecule has 1 aromatic carbocycles. The van der Waals surface area contributed by atoms with Crippen molar-refractivity contribution in [3.63, 3.8) is 0 Å². The van der Waals surface area contributed by atoms with Crippen LogP contribution in [0.15, 0.2) is 12.1 Å². The predicted octanol–water partition coefficient (Wildman–Crippen LogP) is 4.16. The lowest BCUT2D eigenvalue weighted by Crippen LogP contribution is -2.12. The van der Waals surface area contributed by atoms with Crippen LogP contribution < -0.4 is 5.19 Å². The lowest BCUT2D eigenvalue weighted by Gasteiger charge is -2.22. The smallest absolute Gasteiger partial charge is 0.0733 e. The van der Waals surface area contributed by atoms with Crippen molar-refractivity contribution in [1.82, 2.24) is 0 Å². The molecule has 0 fully saturated rings. The SMILES string of the molecule is CCC(C)c1ccc([Si])c(Cl)c1C(C)CC. The molecule has 0 saturated carbocycles.